The van der Waals surface area contributed by atoms with E-state index >= 15 is 0 Å². The lowest BCUT2D eigenvalue weighted by Crippen LogP contribution is -2.50. The molecule has 2 N–H and O–H groups in total. The molecule has 0 atom stereocenters. The summed E-state index contributed by atoms with van der Waals surface area (Å²) < 4.78 is 27.7. The molecule has 0 aromatic heterocycles. The molecule has 2 amide bonds. The van der Waals surface area contributed by atoms with Gasteiger partial charge in [-0.2, -0.15) is 4.31 Å². The highest BCUT2D eigenvalue weighted by Gasteiger charge is 2.28. The molecule has 3 aromatic rings. The van der Waals surface area contributed by atoms with Gasteiger partial charge in [-0.1, -0.05) is 54.1 Å². The summed E-state index contributed by atoms with van der Waals surface area (Å²) in [6, 6.07) is 19.8. The molecule has 0 bridgehead atoms. The maximum atomic E-state index is 13.1. The number of piperazine rings is 1. The number of nitrogens with zero attached hydrogens (tertiary/aromatic N) is 2. The number of rotatable bonds is 7. The molecule has 0 saturated carbocycles. The molecule has 0 radical (unpaired) electrons. The van der Waals surface area contributed by atoms with Crippen molar-refractivity contribution in [3.63, 3.8) is 0 Å². The average Bonchev–Trinajstić information content (AvgIpc) is 2.88. The largest absolute Gasteiger partial charge is 0.347 e. The lowest BCUT2D eigenvalue weighted by Gasteiger charge is -2.34. The third-order valence-electron chi connectivity index (χ3n) is 5.98. The Hall–Kier alpha value is -2.98. The Balaban J connectivity index is 1.20. The average molecular weight is 515 g/mol. The van der Waals surface area contributed by atoms with Crippen molar-refractivity contribution in [3.8, 4) is 0 Å². The van der Waals surface area contributed by atoms with Gasteiger partial charge in [0.2, 0.25) is 10.0 Å². The number of amides is 2. The Bertz CT molecular complexity index is 1310. The van der Waals surface area contributed by atoms with Crippen molar-refractivity contribution < 1.29 is 18.0 Å². The lowest BCUT2D eigenvalue weighted by atomic mass is 10.1. The van der Waals surface area contributed by atoms with Crippen LogP contribution in [0.2, 0.25) is 5.02 Å². The van der Waals surface area contributed by atoms with Crippen LogP contribution < -0.4 is 10.6 Å². The molecule has 35 heavy (non-hydrogen) atoms. The van der Waals surface area contributed by atoms with E-state index in [1.807, 2.05) is 30.3 Å². The van der Waals surface area contributed by atoms with Gasteiger partial charge in [-0.3, -0.25) is 14.5 Å². The number of benzene rings is 3. The molecule has 1 aliphatic rings. The van der Waals surface area contributed by atoms with Crippen LogP contribution in [-0.2, 0) is 26.2 Å². The van der Waals surface area contributed by atoms with E-state index in [4.69, 9.17) is 11.6 Å². The molecule has 1 aliphatic heterocycles. The van der Waals surface area contributed by atoms with Crippen molar-refractivity contribution in [2.45, 2.75) is 11.4 Å². The van der Waals surface area contributed by atoms with Crippen molar-refractivity contribution >= 4 is 44.2 Å². The molecular weight excluding hydrogens is 488 g/mol. The number of hydrogen-bond acceptors (Lipinski definition) is 5. The van der Waals surface area contributed by atoms with Gasteiger partial charge in [0.25, 0.3) is 0 Å². The predicted molar refractivity (Wildman–Crippen MR) is 135 cm³/mol. The fourth-order valence-corrected chi connectivity index (χ4v) is 5.53. The monoisotopic (exact) mass is 514 g/mol. The van der Waals surface area contributed by atoms with Crippen molar-refractivity contribution in [2.75, 3.05) is 39.3 Å². The van der Waals surface area contributed by atoms with Crippen molar-refractivity contribution in [1.29, 1.82) is 0 Å². The first-order chi connectivity index (χ1) is 16.8. The smallest absolute Gasteiger partial charge is 0.309 e. The zero-order valence-electron chi connectivity index (χ0n) is 19.1. The van der Waals surface area contributed by atoms with Gasteiger partial charge in [0, 0.05) is 50.8 Å². The van der Waals surface area contributed by atoms with E-state index in [0.29, 0.717) is 49.2 Å². The summed E-state index contributed by atoms with van der Waals surface area (Å²) in [5.41, 5.74) is 0.840. The predicted octanol–water partition coefficient (Wildman–Crippen LogP) is 2.23. The Morgan fingerprint density at radius 2 is 1.49 bits per heavy atom. The number of hydrogen-bond donors (Lipinski definition) is 2. The second kappa shape index (κ2) is 11.2. The minimum Gasteiger partial charge on any atom is -0.347 e. The second-order valence-electron chi connectivity index (χ2n) is 8.32. The fourth-order valence-electron chi connectivity index (χ4n) is 3.94. The molecule has 184 valence electrons. The van der Waals surface area contributed by atoms with Gasteiger partial charge in [0.15, 0.2) is 0 Å². The van der Waals surface area contributed by atoms with E-state index in [2.05, 4.69) is 15.5 Å². The second-order valence-corrected chi connectivity index (χ2v) is 10.7. The highest BCUT2D eigenvalue weighted by atomic mass is 35.5. The summed E-state index contributed by atoms with van der Waals surface area (Å²) in [4.78, 5) is 26.4. The van der Waals surface area contributed by atoms with E-state index in [9.17, 15) is 18.0 Å². The first kappa shape index (κ1) is 25.1. The normalized spacial score (nSPS) is 15.1. The van der Waals surface area contributed by atoms with Gasteiger partial charge in [0.05, 0.1) is 4.90 Å². The molecule has 1 saturated heterocycles. The first-order valence-corrected chi connectivity index (χ1v) is 13.2. The number of nitrogens with one attached hydrogen (secondary N) is 2. The van der Waals surface area contributed by atoms with Crippen LogP contribution in [0.3, 0.4) is 0 Å². The summed E-state index contributed by atoms with van der Waals surface area (Å²) in [6.07, 6.45) is 0. The molecule has 10 heteroatoms. The number of sulfonamides is 1. The van der Waals surface area contributed by atoms with Gasteiger partial charge in [-0.15, -0.1) is 0 Å². The van der Waals surface area contributed by atoms with Gasteiger partial charge >= 0.3 is 11.8 Å². The van der Waals surface area contributed by atoms with E-state index in [-0.39, 0.29) is 6.54 Å². The van der Waals surface area contributed by atoms with Crippen molar-refractivity contribution in [1.82, 2.24) is 19.8 Å². The van der Waals surface area contributed by atoms with E-state index < -0.39 is 21.8 Å². The first-order valence-electron chi connectivity index (χ1n) is 11.3. The Labute approximate surface area is 209 Å². The topological polar surface area (TPSA) is 98.8 Å². The van der Waals surface area contributed by atoms with Crippen LogP contribution in [0.1, 0.15) is 5.56 Å². The lowest BCUT2D eigenvalue weighted by molar-refractivity contribution is -0.139. The third kappa shape index (κ3) is 6.37. The maximum absolute atomic E-state index is 13.1. The summed E-state index contributed by atoms with van der Waals surface area (Å²) in [7, 11) is -3.58. The minimum absolute atomic E-state index is 0.233. The SMILES string of the molecule is O=C(NCCN1CCN(S(=O)(=O)c2ccc3ccccc3c2)CC1)C(=O)NCc1ccc(Cl)cc1. The molecule has 0 spiro atoms. The molecule has 0 aliphatic carbocycles. The number of carbonyl (C=O) groups excluding carboxylic acids is 2. The molecule has 1 fully saturated rings. The summed E-state index contributed by atoms with van der Waals surface area (Å²) in [6.45, 7) is 2.88. The number of halogens is 1. The minimum atomic E-state index is -3.58. The number of fused-ring (bicyclic) bond motifs is 1. The van der Waals surface area contributed by atoms with Crippen LogP contribution in [0, 0.1) is 0 Å². The van der Waals surface area contributed by atoms with Crippen molar-refractivity contribution in [3.05, 3.63) is 77.3 Å². The molecule has 1 heterocycles. The molecule has 0 unspecified atom stereocenters. The van der Waals surface area contributed by atoms with Crippen LogP contribution in [-0.4, -0.2) is 68.7 Å². The zero-order chi connectivity index (χ0) is 24.8. The van der Waals surface area contributed by atoms with Crippen LogP contribution in [0.15, 0.2) is 71.6 Å². The Kier molecular flexibility index (Phi) is 8.02. The van der Waals surface area contributed by atoms with E-state index in [1.165, 1.54) is 4.31 Å². The Morgan fingerprint density at radius 1 is 0.829 bits per heavy atom. The molecule has 4 rings (SSSR count). The van der Waals surface area contributed by atoms with Crippen LogP contribution in [0.5, 0.6) is 0 Å². The van der Waals surface area contributed by atoms with Gasteiger partial charge in [-0.25, -0.2) is 8.42 Å². The standard InChI is InChI=1S/C25H27ClN4O4S/c26-22-8-5-19(6-9-22)18-28-25(32)24(31)27-11-12-29-13-15-30(16-14-29)35(33,34)23-10-7-20-3-1-2-4-21(20)17-23/h1-10,17H,11-16,18H2,(H,27,31)(H,28,32). The number of carbonyl (C=O) groups is 2. The highest BCUT2D eigenvalue weighted by molar-refractivity contribution is 7.89. The van der Waals surface area contributed by atoms with E-state index in [1.54, 1.807) is 36.4 Å². The maximum Gasteiger partial charge on any atom is 0.309 e. The summed E-state index contributed by atoms with van der Waals surface area (Å²) >= 11 is 5.84. The van der Waals surface area contributed by atoms with Gasteiger partial charge in [-0.05, 0) is 40.6 Å². The highest BCUT2D eigenvalue weighted by Crippen LogP contribution is 2.22. The van der Waals surface area contributed by atoms with Gasteiger partial charge < -0.3 is 10.6 Å². The zero-order valence-corrected chi connectivity index (χ0v) is 20.7. The third-order valence-corrected chi connectivity index (χ3v) is 8.12. The summed E-state index contributed by atoms with van der Waals surface area (Å²) in [5.74, 6) is -1.40. The molecule has 8 nitrogen and oxygen atoms in total. The van der Waals surface area contributed by atoms with Crippen molar-refractivity contribution in [2.24, 2.45) is 0 Å². The van der Waals surface area contributed by atoms with Gasteiger partial charge in [0.1, 0.15) is 0 Å². The summed E-state index contributed by atoms with van der Waals surface area (Å²) in [5, 5.41) is 7.68. The molecular formula is C25H27ClN4O4S. The van der Waals surface area contributed by atoms with Crippen LogP contribution in [0.4, 0.5) is 0 Å². The molecule has 3 aromatic carbocycles. The van der Waals surface area contributed by atoms with E-state index in [0.717, 1.165) is 16.3 Å². The van der Waals surface area contributed by atoms with Crippen LogP contribution >= 0.6 is 11.6 Å². The van der Waals surface area contributed by atoms with Crippen LogP contribution in [0.25, 0.3) is 10.8 Å². The Morgan fingerprint density at radius 3 is 2.20 bits per heavy atom. The fraction of sp³-hybridized carbons (Fsp3) is 0.280. The quantitative estimate of drug-likeness (QED) is 0.471.